The van der Waals surface area contributed by atoms with E-state index in [-0.39, 0.29) is 35.1 Å². The van der Waals surface area contributed by atoms with Crippen LogP contribution in [0.2, 0.25) is 0 Å². The number of nitrogens with one attached hydrogen (secondary N) is 1. The van der Waals surface area contributed by atoms with Crippen molar-refractivity contribution in [1.82, 2.24) is 25.0 Å². The van der Waals surface area contributed by atoms with E-state index in [0.29, 0.717) is 51.2 Å². The van der Waals surface area contributed by atoms with Crippen LogP contribution >= 0.6 is 0 Å². The van der Waals surface area contributed by atoms with E-state index >= 15 is 0 Å². The van der Waals surface area contributed by atoms with Crippen LogP contribution in [0.25, 0.3) is 33.4 Å². The molecule has 40 heavy (non-hydrogen) atoms. The summed E-state index contributed by atoms with van der Waals surface area (Å²) in [5.41, 5.74) is 1.00. The molecule has 3 heterocycles. The number of aromatic hydroxyl groups is 1. The Kier molecular flexibility index (Phi) is 7.37. The lowest BCUT2D eigenvalue weighted by atomic mass is 9.96. The van der Waals surface area contributed by atoms with Gasteiger partial charge in [-0.15, -0.1) is 10.2 Å². The fourth-order valence-corrected chi connectivity index (χ4v) is 4.82. The van der Waals surface area contributed by atoms with Gasteiger partial charge in [0.1, 0.15) is 22.8 Å². The highest BCUT2D eigenvalue weighted by molar-refractivity contribution is 5.87. The molecule has 2 N–H and O–H groups in total. The number of rotatable bonds is 9. The molecule has 0 saturated carbocycles. The molecule has 0 unspecified atom stereocenters. The molecule has 0 aliphatic carbocycles. The zero-order chi connectivity index (χ0) is 28.4. The van der Waals surface area contributed by atoms with Crippen molar-refractivity contribution in [1.29, 1.82) is 0 Å². The average Bonchev–Trinajstić information content (AvgIpc) is 3.42. The average molecular weight is 544 g/mol. The van der Waals surface area contributed by atoms with Crippen LogP contribution in [-0.4, -0.2) is 44.3 Å². The van der Waals surface area contributed by atoms with E-state index in [1.807, 2.05) is 13.0 Å². The van der Waals surface area contributed by atoms with Crippen LogP contribution < -0.4 is 20.6 Å². The molecule has 5 aromatic rings. The van der Waals surface area contributed by atoms with Crippen molar-refractivity contribution in [2.45, 2.75) is 32.6 Å². The van der Waals surface area contributed by atoms with Crippen LogP contribution in [0.4, 0.5) is 0 Å². The van der Waals surface area contributed by atoms with Crippen molar-refractivity contribution in [3.05, 3.63) is 80.5 Å². The summed E-state index contributed by atoms with van der Waals surface area (Å²) >= 11 is 0. The van der Waals surface area contributed by atoms with Crippen LogP contribution in [0.1, 0.15) is 37.0 Å². The smallest absolute Gasteiger partial charge is 0.274 e. The zero-order valence-electron chi connectivity index (χ0n) is 22.6. The molecule has 3 aromatic heterocycles. The van der Waals surface area contributed by atoms with Crippen molar-refractivity contribution in [2.24, 2.45) is 7.05 Å². The molecular formula is C29H29N5O6. The van der Waals surface area contributed by atoms with E-state index in [0.717, 1.165) is 12.8 Å². The van der Waals surface area contributed by atoms with Crippen LogP contribution in [0, 0.1) is 0 Å². The molecule has 2 aromatic carbocycles. The van der Waals surface area contributed by atoms with Gasteiger partial charge < -0.3 is 24.0 Å². The van der Waals surface area contributed by atoms with Gasteiger partial charge in [-0.3, -0.25) is 9.59 Å². The third-order valence-electron chi connectivity index (χ3n) is 6.76. The Morgan fingerprint density at radius 3 is 2.33 bits per heavy atom. The lowest BCUT2D eigenvalue weighted by molar-refractivity contribution is 0.396. The first-order valence-electron chi connectivity index (χ1n) is 12.8. The van der Waals surface area contributed by atoms with Gasteiger partial charge in [0, 0.05) is 18.1 Å². The summed E-state index contributed by atoms with van der Waals surface area (Å²) in [4.78, 5) is 28.7. The summed E-state index contributed by atoms with van der Waals surface area (Å²) in [5.74, 6) is 0.615. The highest BCUT2D eigenvalue weighted by atomic mass is 16.5. The first-order chi connectivity index (χ1) is 19.4. The Labute approximate surface area is 229 Å². The van der Waals surface area contributed by atoms with E-state index < -0.39 is 5.56 Å². The number of H-pyrrole nitrogens is 1. The highest BCUT2D eigenvalue weighted by Gasteiger charge is 2.27. The van der Waals surface area contributed by atoms with Crippen LogP contribution in [0.5, 0.6) is 17.2 Å². The fourth-order valence-electron chi connectivity index (χ4n) is 4.82. The Hall–Kier alpha value is -4.93. The molecule has 0 atom stereocenters. The normalized spacial score (nSPS) is 11.2. The summed E-state index contributed by atoms with van der Waals surface area (Å²) in [5, 5.41) is 25.3. The second kappa shape index (κ2) is 11.0. The fraction of sp³-hybridized carbons (Fsp3) is 0.276. The Balaban J connectivity index is 1.64. The van der Waals surface area contributed by atoms with Gasteiger partial charge in [0.15, 0.2) is 0 Å². The number of aryl methyl sites for hydroxylation is 2. The first kappa shape index (κ1) is 26.7. The van der Waals surface area contributed by atoms with Crippen LogP contribution in [0.15, 0.2) is 56.5 Å². The van der Waals surface area contributed by atoms with Gasteiger partial charge in [-0.25, -0.2) is 4.68 Å². The monoisotopic (exact) mass is 543 g/mol. The number of nitrogens with zero attached hydrogens (tertiary/aromatic N) is 4. The molecule has 206 valence electrons. The lowest BCUT2D eigenvalue weighted by Crippen LogP contribution is -2.21. The minimum Gasteiger partial charge on any atom is -0.506 e. The van der Waals surface area contributed by atoms with Gasteiger partial charge in [-0.1, -0.05) is 37.6 Å². The van der Waals surface area contributed by atoms with E-state index in [1.54, 1.807) is 43.4 Å². The summed E-state index contributed by atoms with van der Waals surface area (Å²) in [6.07, 6.45) is 2.29. The number of fused-ring (bicyclic) bond motifs is 1. The third kappa shape index (κ3) is 4.70. The largest absolute Gasteiger partial charge is 0.506 e. The number of hydrogen-bond acceptors (Lipinski definition) is 9. The van der Waals surface area contributed by atoms with Gasteiger partial charge in [-0.2, -0.15) is 5.10 Å². The Morgan fingerprint density at radius 2 is 1.65 bits per heavy atom. The number of ether oxygens (including phenoxy) is 2. The van der Waals surface area contributed by atoms with E-state index in [4.69, 9.17) is 13.9 Å². The van der Waals surface area contributed by atoms with E-state index in [2.05, 4.69) is 20.3 Å². The Morgan fingerprint density at radius 1 is 0.950 bits per heavy atom. The number of benzene rings is 2. The molecular weight excluding hydrogens is 514 g/mol. The SMILES string of the molecule is CCCCc1[nH]c(=O)c(-c2nnc(Cc3nn(C)c(=O)c4ccccc34)o2)c(O)c1-c1c(OC)cccc1OC. The van der Waals surface area contributed by atoms with Gasteiger partial charge in [-0.05, 0) is 31.0 Å². The first-order valence-corrected chi connectivity index (χ1v) is 12.8. The summed E-state index contributed by atoms with van der Waals surface area (Å²) < 4.78 is 18.3. The van der Waals surface area contributed by atoms with E-state index in [1.165, 1.54) is 18.9 Å². The van der Waals surface area contributed by atoms with Crippen molar-refractivity contribution >= 4 is 10.8 Å². The topological polar surface area (TPSA) is 145 Å². The van der Waals surface area contributed by atoms with Gasteiger partial charge >= 0.3 is 0 Å². The summed E-state index contributed by atoms with van der Waals surface area (Å²) in [6, 6.07) is 12.4. The molecule has 0 aliphatic rings. The maximum Gasteiger partial charge on any atom is 0.274 e. The summed E-state index contributed by atoms with van der Waals surface area (Å²) in [6.45, 7) is 2.04. The number of unbranched alkanes of at least 4 members (excludes halogenated alkanes) is 1. The number of methoxy groups -OCH3 is 2. The van der Waals surface area contributed by atoms with Crippen LogP contribution in [-0.2, 0) is 19.9 Å². The maximum atomic E-state index is 13.3. The molecule has 11 heteroatoms. The van der Waals surface area contributed by atoms with Crippen molar-refractivity contribution in [3.8, 4) is 39.8 Å². The molecule has 0 radical (unpaired) electrons. The highest BCUT2D eigenvalue weighted by Crippen LogP contribution is 2.46. The molecule has 11 nitrogen and oxygen atoms in total. The summed E-state index contributed by atoms with van der Waals surface area (Å²) in [7, 11) is 4.62. The van der Waals surface area contributed by atoms with Gasteiger partial charge in [0.2, 0.25) is 5.89 Å². The minimum absolute atomic E-state index is 0.113. The van der Waals surface area contributed by atoms with Gasteiger partial charge in [0.05, 0.1) is 42.8 Å². The molecule has 0 fully saturated rings. The van der Waals surface area contributed by atoms with Crippen LogP contribution in [0.3, 0.4) is 0 Å². The number of hydrogen-bond donors (Lipinski definition) is 2. The minimum atomic E-state index is -0.567. The number of aromatic amines is 1. The quantitative estimate of drug-likeness (QED) is 0.282. The molecule has 5 rings (SSSR count). The third-order valence-corrected chi connectivity index (χ3v) is 6.76. The molecule has 0 bridgehead atoms. The second-order valence-corrected chi connectivity index (χ2v) is 9.27. The van der Waals surface area contributed by atoms with Gasteiger partial charge in [0.25, 0.3) is 17.0 Å². The Bertz CT molecular complexity index is 1800. The van der Waals surface area contributed by atoms with Crippen molar-refractivity contribution in [2.75, 3.05) is 14.2 Å². The predicted molar refractivity (Wildman–Crippen MR) is 149 cm³/mol. The number of pyridine rings is 1. The maximum absolute atomic E-state index is 13.3. The molecule has 0 spiro atoms. The molecule has 0 aliphatic heterocycles. The number of aromatic nitrogens is 5. The zero-order valence-corrected chi connectivity index (χ0v) is 22.6. The predicted octanol–water partition coefficient (Wildman–Crippen LogP) is 4.00. The molecule has 0 saturated heterocycles. The second-order valence-electron chi connectivity index (χ2n) is 9.27. The van der Waals surface area contributed by atoms with E-state index in [9.17, 15) is 14.7 Å². The van der Waals surface area contributed by atoms with Crippen molar-refractivity contribution in [3.63, 3.8) is 0 Å². The standard InChI is InChI=1S/C29H29N5O6/c1-5-6-12-18-23(24-20(38-3)13-9-14-21(24)39-4)26(35)25(27(36)30-18)28-32-31-22(40-28)15-19-16-10-7-8-11-17(16)29(37)34(2)33-19/h7-11,13-14H,5-6,12,15H2,1-4H3,(H2,30,35,36). The lowest BCUT2D eigenvalue weighted by Gasteiger charge is -2.18. The van der Waals surface area contributed by atoms with Crippen molar-refractivity contribution < 1.29 is 19.0 Å². The molecule has 0 amide bonds.